The number of fused-ring (bicyclic) bond motifs is 1. The number of nitrogens with zero attached hydrogens (tertiary/aromatic N) is 3. The van der Waals surface area contributed by atoms with E-state index in [1.54, 1.807) is 18.2 Å². The van der Waals surface area contributed by atoms with Gasteiger partial charge in [-0.2, -0.15) is 4.99 Å². The minimum atomic E-state index is -0.596. The largest absolute Gasteiger partial charge is 0.468 e. The Labute approximate surface area is 185 Å². The van der Waals surface area contributed by atoms with Gasteiger partial charge < -0.3 is 14.0 Å². The Morgan fingerprint density at radius 1 is 1.12 bits per heavy atom. The van der Waals surface area contributed by atoms with Crippen LogP contribution in [0.3, 0.4) is 0 Å². The van der Waals surface area contributed by atoms with E-state index in [4.69, 9.17) is 9.47 Å². The van der Waals surface area contributed by atoms with E-state index in [2.05, 4.69) is 4.99 Å². The molecule has 0 spiro atoms. The number of carbonyl (C=O) groups excluding carboxylic acids is 3. The number of esters is 2. The fraction of sp³-hybridized carbons (Fsp3) is 0.143. The first kappa shape index (κ1) is 22.6. The molecule has 32 heavy (non-hydrogen) atoms. The molecule has 0 atom stereocenters. The number of thiazole rings is 1. The van der Waals surface area contributed by atoms with Crippen LogP contribution in [0.25, 0.3) is 16.3 Å². The van der Waals surface area contributed by atoms with Crippen LogP contribution in [0.5, 0.6) is 0 Å². The maximum Gasteiger partial charge on any atom is 0.337 e. The third-order valence-electron chi connectivity index (χ3n) is 4.35. The van der Waals surface area contributed by atoms with E-state index >= 15 is 0 Å². The highest BCUT2D eigenvalue weighted by Crippen LogP contribution is 2.20. The predicted molar refractivity (Wildman–Crippen MR) is 116 cm³/mol. The summed E-state index contributed by atoms with van der Waals surface area (Å²) in [5, 5.41) is 10.7. The van der Waals surface area contributed by atoms with Gasteiger partial charge in [-0.1, -0.05) is 11.3 Å². The summed E-state index contributed by atoms with van der Waals surface area (Å²) in [4.78, 5) is 50.6. The molecule has 3 rings (SSSR count). The molecule has 2 aromatic carbocycles. The number of ether oxygens (including phenoxy) is 2. The number of rotatable bonds is 6. The lowest BCUT2D eigenvalue weighted by Gasteiger charge is -2.04. The Morgan fingerprint density at radius 2 is 1.84 bits per heavy atom. The minimum absolute atomic E-state index is 0.0568. The van der Waals surface area contributed by atoms with Crippen LogP contribution in [-0.4, -0.2) is 41.6 Å². The molecule has 0 bridgehead atoms. The highest BCUT2D eigenvalue weighted by Gasteiger charge is 2.14. The number of benzene rings is 2. The van der Waals surface area contributed by atoms with E-state index in [1.807, 2.05) is 0 Å². The van der Waals surface area contributed by atoms with Crippen LogP contribution in [0.2, 0.25) is 0 Å². The summed E-state index contributed by atoms with van der Waals surface area (Å²) in [6, 6.07) is 10.5. The van der Waals surface area contributed by atoms with Crippen molar-refractivity contribution in [2.75, 3.05) is 14.2 Å². The monoisotopic (exact) mass is 455 g/mol. The van der Waals surface area contributed by atoms with Gasteiger partial charge in [0.2, 0.25) is 0 Å². The molecule has 0 N–H and O–H groups in total. The van der Waals surface area contributed by atoms with Gasteiger partial charge in [0.15, 0.2) is 4.80 Å². The standard InChI is InChI=1S/C21H17N3O7S/c1-30-19(26)12-23-16-9-6-14(20(27)31-2)11-17(16)32-21(23)22-18(25)10-5-13-3-7-15(8-4-13)24(28)29/h3-11H,12H2,1-2H3. The topological polar surface area (TPSA) is 130 Å². The van der Waals surface area contributed by atoms with Crippen LogP contribution in [0.4, 0.5) is 5.69 Å². The number of nitro groups is 1. The molecule has 0 radical (unpaired) electrons. The predicted octanol–water partition coefficient (Wildman–Crippen LogP) is 2.71. The van der Waals surface area contributed by atoms with Crippen molar-refractivity contribution in [3.05, 3.63) is 74.6 Å². The zero-order valence-electron chi connectivity index (χ0n) is 17.0. The van der Waals surface area contributed by atoms with Crippen molar-refractivity contribution < 1.29 is 28.8 Å². The molecule has 0 aliphatic heterocycles. The van der Waals surface area contributed by atoms with Crippen molar-refractivity contribution in [2.24, 2.45) is 4.99 Å². The molecule has 0 saturated heterocycles. The smallest absolute Gasteiger partial charge is 0.337 e. The second-order valence-electron chi connectivity index (χ2n) is 6.35. The number of hydrogen-bond acceptors (Lipinski definition) is 8. The van der Waals surface area contributed by atoms with Crippen LogP contribution >= 0.6 is 11.3 Å². The SMILES string of the molecule is COC(=O)Cn1c(=NC(=O)C=Cc2ccc([N+](=O)[O-])cc2)sc2cc(C(=O)OC)ccc21. The zero-order chi connectivity index (χ0) is 23.3. The molecule has 0 fully saturated rings. The van der Waals surface area contributed by atoms with E-state index in [-0.39, 0.29) is 17.0 Å². The maximum absolute atomic E-state index is 12.4. The van der Waals surface area contributed by atoms with Gasteiger partial charge in [0.1, 0.15) is 6.54 Å². The fourth-order valence-corrected chi connectivity index (χ4v) is 3.83. The van der Waals surface area contributed by atoms with Crippen LogP contribution in [-0.2, 0) is 25.6 Å². The summed E-state index contributed by atoms with van der Waals surface area (Å²) in [7, 11) is 2.52. The molecule has 0 aliphatic rings. The Morgan fingerprint density at radius 3 is 2.47 bits per heavy atom. The van der Waals surface area contributed by atoms with E-state index in [0.29, 0.717) is 21.3 Å². The molecule has 164 valence electrons. The summed E-state index contributed by atoms with van der Waals surface area (Å²) in [6.45, 7) is -0.174. The molecule has 1 aromatic heterocycles. The Balaban J connectivity index is 1.97. The molecular weight excluding hydrogens is 438 g/mol. The van der Waals surface area contributed by atoms with E-state index in [1.165, 1.54) is 55.2 Å². The number of non-ortho nitro benzene ring substituents is 1. The lowest BCUT2D eigenvalue weighted by Crippen LogP contribution is -2.22. The molecule has 0 unspecified atom stereocenters. The third kappa shape index (κ3) is 5.13. The van der Waals surface area contributed by atoms with Crippen LogP contribution < -0.4 is 4.80 Å². The average molecular weight is 455 g/mol. The van der Waals surface area contributed by atoms with Crippen molar-refractivity contribution in [3.63, 3.8) is 0 Å². The summed E-state index contributed by atoms with van der Waals surface area (Å²) >= 11 is 1.12. The van der Waals surface area contributed by atoms with Crippen molar-refractivity contribution in [1.29, 1.82) is 0 Å². The Bertz CT molecular complexity index is 1300. The van der Waals surface area contributed by atoms with Gasteiger partial charge in [-0.15, -0.1) is 0 Å². The lowest BCUT2D eigenvalue weighted by molar-refractivity contribution is -0.384. The summed E-state index contributed by atoms with van der Waals surface area (Å²) in [5.74, 6) is -1.64. The van der Waals surface area contributed by atoms with Gasteiger partial charge >= 0.3 is 11.9 Å². The van der Waals surface area contributed by atoms with Gasteiger partial charge in [0.05, 0.1) is 34.9 Å². The van der Waals surface area contributed by atoms with Crippen LogP contribution in [0.15, 0.2) is 53.5 Å². The van der Waals surface area contributed by atoms with E-state index in [9.17, 15) is 24.5 Å². The fourth-order valence-electron chi connectivity index (χ4n) is 2.76. The molecule has 0 saturated carbocycles. The molecule has 10 nitrogen and oxygen atoms in total. The van der Waals surface area contributed by atoms with Gasteiger partial charge in [-0.25, -0.2) is 4.79 Å². The molecule has 11 heteroatoms. The Kier molecular flexibility index (Phi) is 6.90. The normalized spacial score (nSPS) is 11.6. The number of methoxy groups -OCH3 is 2. The quantitative estimate of drug-likeness (QED) is 0.242. The summed E-state index contributed by atoms with van der Waals surface area (Å²) < 4.78 is 11.6. The first-order valence-corrected chi connectivity index (χ1v) is 9.93. The second-order valence-corrected chi connectivity index (χ2v) is 7.36. The number of amides is 1. The molecule has 0 aliphatic carbocycles. The van der Waals surface area contributed by atoms with Crippen molar-refractivity contribution in [1.82, 2.24) is 4.57 Å². The van der Waals surface area contributed by atoms with E-state index < -0.39 is 22.8 Å². The number of carbonyl (C=O) groups is 3. The maximum atomic E-state index is 12.4. The number of hydrogen-bond donors (Lipinski definition) is 0. The van der Waals surface area contributed by atoms with Gasteiger partial charge in [-0.3, -0.25) is 19.7 Å². The van der Waals surface area contributed by atoms with Crippen LogP contribution in [0.1, 0.15) is 15.9 Å². The molecule has 1 heterocycles. The summed E-state index contributed by atoms with van der Waals surface area (Å²) in [6.07, 6.45) is 2.69. The lowest BCUT2D eigenvalue weighted by atomic mass is 10.2. The van der Waals surface area contributed by atoms with Crippen molar-refractivity contribution >= 4 is 51.2 Å². The molecule has 3 aromatic rings. The third-order valence-corrected chi connectivity index (χ3v) is 5.39. The molecule has 1 amide bonds. The molecular formula is C21H17N3O7S. The van der Waals surface area contributed by atoms with Crippen LogP contribution in [0, 0.1) is 10.1 Å². The van der Waals surface area contributed by atoms with Gasteiger partial charge in [-0.05, 0) is 42.0 Å². The average Bonchev–Trinajstić information content (AvgIpc) is 3.13. The highest BCUT2D eigenvalue weighted by atomic mass is 32.1. The Hall–Kier alpha value is -4.12. The first-order chi connectivity index (χ1) is 15.3. The van der Waals surface area contributed by atoms with E-state index in [0.717, 1.165) is 11.3 Å². The first-order valence-electron chi connectivity index (χ1n) is 9.12. The summed E-state index contributed by atoms with van der Waals surface area (Å²) in [5.41, 5.74) is 1.45. The van der Waals surface area contributed by atoms with Gasteiger partial charge in [0, 0.05) is 18.2 Å². The van der Waals surface area contributed by atoms with Gasteiger partial charge in [0.25, 0.3) is 11.6 Å². The number of aromatic nitrogens is 1. The van der Waals surface area contributed by atoms with Crippen molar-refractivity contribution in [2.45, 2.75) is 6.54 Å². The zero-order valence-corrected chi connectivity index (χ0v) is 17.8. The highest BCUT2D eigenvalue weighted by molar-refractivity contribution is 7.16. The van der Waals surface area contributed by atoms with Crippen molar-refractivity contribution in [3.8, 4) is 0 Å². The second kappa shape index (κ2) is 9.79. The number of nitro benzene ring substituents is 1. The minimum Gasteiger partial charge on any atom is -0.468 e.